The molecule has 180 valence electrons. The molecule has 5 nitrogen and oxygen atoms in total. The van der Waals surface area contributed by atoms with Gasteiger partial charge in [-0.2, -0.15) is 0 Å². The molecule has 1 aliphatic rings. The van der Waals surface area contributed by atoms with Gasteiger partial charge in [-0.3, -0.25) is 5.43 Å². The zero-order chi connectivity index (χ0) is 25.1. The minimum atomic E-state index is -0.328. The van der Waals surface area contributed by atoms with Crippen LogP contribution >= 0.6 is 11.6 Å². The summed E-state index contributed by atoms with van der Waals surface area (Å²) in [7, 11) is 0. The van der Waals surface area contributed by atoms with Crippen LogP contribution in [-0.4, -0.2) is 17.6 Å². The van der Waals surface area contributed by atoms with Gasteiger partial charge in [0.1, 0.15) is 17.3 Å². The maximum Gasteiger partial charge on any atom is 0.340 e. The number of rotatable bonds is 5. The minimum absolute atomic E-state index is 0.296. The molecule has 0 aliphatic carbocycles. The van der Waals surface area contributed by atoms with Crippen molar-refractivity contribution in [1.29, 1.82) is 0 Å². The largest absolute Gasteiger partial charge is 0.457 e. The van der Waals surface area contributed by atoms with Crippen LogP contribution in [0.3, 0.4) is 0 Å². The van der Waals surface area contributed by atoms with Crippen LogP contribution in [0.4, 0.5) is 14.9 Å². The highest BCUT2D eigenvalue weighted by Crippen LogP contribution is 2.31. The number of urea groups is 1. The van der Waals surface area contributed by atoms with Gasteiger partial charge in [-0.15, -0.1) is 0 Å². The molecule has 2 N–H and O–H groups in total. The highest BCUT2D eigenvalue weighted by atomic mass is 35.5. The third-order valence-corrected chi connectivity index (χ3v) is 6.05. The van der Waals surface area contributed by atoms with E-state index in [0.717, 1.165) is 33.7 Å². The first-order chi connectivity index (χ1) is 17.4. The molecule has 0 spiro atoms. The summed E-state index contributed by atoms with van der Waals surface area (Å²) in [6.45, 7) is 2.32. The second kappa shape index (κ2) is 10.1. The summed E-state index contributed by atoms with van der Waals surface area (Å²) in [4.78, 5) is 13.1. The Morgan fingerprint density at radius 2 is 1.44 bits per heavy atom. The Kier molecular flexibility index (Phi) is 6.60. The van der Waals surface area contributed by atoms with Gasteiger partial charge in [0.05, 0.1) is 12.2 Å². The Morgan fingerprint density at radius 3 is 2.08 bits per heavy atom. The van der Waals surface area contributed by atoms with Crippen molar-refractivity contribution in [2.45, 2.75) is 6.92 Å². The summed E-state index contributed by atoms with van der Waals surface area (Å²) < 4.78 is 19.4. The van der Waals surface area contributed by atoms with Gasteiger partial charge in [-0.25, -0.2) is 14.2 Å². The number of amides is 2. The Morgan fingerprint density at radius 1 is 0.861 bits per heavy atom. The van der Waals surface area contributed by atoms with E-state index >= 15 is 0 Å². The molecule has 0 unspecified atom stereocenters. The molecular formula is C29H23ClFN3O2. The monoisotopic (exact) mass is 499 g/mol. The third kappa shape index (κ3) is 5.34. The first-order valence-electron chi connectivity index (χ1n) is 11.4. The molecule has 0 aromatic heterocycles. The van der Waals surface area contributed by atoms with Gasteiger partial charge in [0.15, 0.2) is 0 Å². The molecule has 0 saturated heterocycles. The van der Waals surface area contributed by atoms with E-state index in [-0.39, 0.29) is 11.8 Å². The molecule has 1 heterocycles. The molecule has 4 aromatic rings. The fourth-order valence-corrected chi connectivity index (χ4v) is 4.01. The minimum Gasteiger partial charge on any atom is -0.457 e. The van der Waals surface area contributed by atoms with Crippen LogP contribution in [0, 0.1) is 12.7 Å². The number of hydrazine groups is 1. The lowest BCUT2D eigenvalue weighted by molar-refractivity contribution is 0.210. The molecule has 0 bridgehead atoms. The predicted molar refractivity (Wildman–Crippen MR) is 141 cm³/mol. The van der Waals surface area contributed by atoms with E-state index in [9.17, 15) is 9.18 Å². The van der Waals surface area contributed by atoms with Crippen molar-refractivity contribution in [3.05, 3.63) is 125 Å². The zero-order valence-corrected chi connectivity index (χ0v) is 20.2. The summed E-state index contributed by atoms with van der Waals surface area (Å²) in [5.41, 5.74) is 8.30. The highest BCUT2D eigenvalue weighted by molar-refractivity contribution is 6.30. The SMILES string of the molecule is Cc1ccc(Oc2ccc(NC(=O)N3CC(c4ccc(F)cc4)=C(c4ccc(Cl)cc4)N3)cc2)cc1. The maximum atomic E-state index is 13.5. The Balaban J connectivity index is 1.30. The van der Waals surface area contributed by atoms with E-state index in [1.54, 1.807) is 48.5 Å². The average molecular weight is 500 g/mol. The number of ether oxygens (including phenoxy) is 1. The van der Waals surface area contributed by atoms with E-state index in [0.29, 0.717) is 23.0 Å². The molecule has 5 rings (SSSR count). The van der Waals surface area contributed by atoms with Gasteiger partial charge in [-0.05, 0) is 78.7 Å². The smallest absolute Gasteiger partial charge is 0.340 e. The van der Waals surface area contributed by atoms with E-state index in [2.05, 4.69) is 10.7 Å². The quantitative estimate of drug-likeness (QED) is 0.299. The summed E-state index contributed by atoms with van der Waals surface area (Å²) in [6, 6.07) is 28.2. The molecular weight excluding hydrogens is 477 g/mol. The van der Waals surface area contributed by atoms with Gasteiger partial charge >= 0.3 is 6.03 Å². The molecule has 0 atom stereocenters. The second-order valence-corrected chi connectivity index (χ2v) is 8.87. The fraction of sp³-hybridized carbons (Fsp3) is 0.0690. The number of benzene rings is 4. The number of nitrogens with zero attached hydrogens (tertiary/aromatic N) is 1. The lowest BCUT2D eigenvalue weighted by Gasteiger charge is -2.19. The molecule has 1 aliphatic heterocycles. The van der Waals surface area contributed by atoms with Crippen LogP contribution in [0.2, 0.25) is 5.02 Å². The summed E-state index contributed by atoms with van der Waals surface area (Å²) in [5.74, 6) is 1.09. The topological polar surface area (TPSA) is 53.6 Å². The van der Waals surface area contributed by atoms with Crippen LogP contribution in [0.15, 0.2) is 97.1 Å². The van der Waals surface area contributed by atoms with Crippen LogP contribution in [0.25, 0.3) is 11.3 Å². The van der Waals surface area contributed by atoms with Gasteiger partial charge in [0, 0.05) is 16.3 Å². The molecule has 4 aromatic carbocycles. The standard InChI is InChI=1S/C29H23ClFN3O2/c1-19-2-14-25(15-3-19)36-26-16-12-24(13-17-26)32-29(35)34-18-27(20-6-10-23(31)11-7-20)28(33-34)21-4-8-22(30)9-5-21/h2-17,33H,18H2,1H3,(H,32,35). The second-order valence-electron chi connectivity index (χ2n) is 8.43. The zero-order valence-electron chi connectivity index (χ0n) is 19.5. The Labute approximate surface area is 213 Å². The number of anilines is 1. The van der Waals surface area contributed by atoms with E-state index < -0.39 is 0 Å². The van der Waals surface area contributed by atoms with Gasteiger partial charge in [0.2, 0.25) is 0 Å². The predicted octanol–water partition coefficient (Wildman–Crippen LogP) is 7.50. The van der Waals surface area contributed by atoms with Crippen LogP contribution in [0.5, 0.6) is 11.5 Å². The summed E-state index contributed by atoms with van der Waals surface area (Å²) >= 11 is 6.06. The number of nitrogens with one attached hydrogen (secondary N) is 2. The van der Waals surface area contributed by atoms with Crippen LogP contribution in [-0.2, 0) is 0 Å². The summed E-state index contributed by atoms with van der Waals surface area (Å²) in [6.07, 6.45) is 0. The van der Waals surface area contributed by atoms with Crippen molar-refractivity contribution < 1.29 is 13.9 Å². The van der Waals surface area contributed by atoms with Crippen molar-refractivity contribution >= 4 is 34.6 Å². The van der Waals surface area contributed by atoms with Crippen LogP contribution < -0.4 is 15.5 Å². The number of halogens is 2. The lowest BCUT2D eigenvalue weighted by atomic mass is 10.0. The molecule has 0 saturated carbocycles. The summed E-state index contributed by atoms with van der Waals surface area (Å²) in [5, 5.41) is 5.01. The lowest BCUT2D eigenvalue weighted by Crippen LogP contribution is -2.40. The first kappa shape index (κ1) is 23.5. The first-order valence-corrected chi connectivity index (χ1v) is 11.8. The van der Waals surface area contributed by atoms with Crippen molar-refractivity contribution in [2.75, 3.05) is 11.9 Å². The van der Waals surface area contributed by atoms with E-state index in [4.69, 9.17) is 16.3 Å². The molecule has 2 amide bonds. The highest BCUT2D eigenvalue weighted by Gasteiger charge is 2.27. The normalized spacial score (nSPS) is 12.9. The number of carbonyl (C=O) groups excluding carboxylic acids is 1. The Bertz CT molecular complexity index is 1340. The average Bonchev–Trinajstić information content (AvgIpc) is 3.33. The van der Waals surface area contributed by atoms with Crippen molar-refractivity contribution in [2.24, 2.45) is 0 Å². The van der Waals surface area contributed by atoms with Gasteiger partial charge in [-0.1, -0.05) is 53.6 Å². The van der Waals surface area contributed by atoms with Crippen molar-refractivity contribution in [3.8, 4) is 11.5 Å². The maximum absolute atomic E-state index is 13.5. The van der Waals surface area contributed by atoms with Crippen molar-refractivity contribution in [1.82, 2.24) is 10.4 Å². The number of hydrogen-bond acceptors (Lipinski definition) is 3. The van der Waals surface area contributed by atoms with Crippen LogP contribution in [0.1, 0.15) is 16.7 Å². The van der Waals surface area contributed by atoms with Gasteiger partial charge in [0.25, 0.3) is 0 Å². The number of aryl methyl sites for hydroxylation is 1. The molecule has 0 fully saturated rings. The third-order valence-electron chi connectivity index (χ3n) is 5.80. The van der Waals surface area contributed by atoms with Gasteiger partial charge < -0.3 is 10.1 Å². The van der Waals surface area contributed by atoms with E-state index in [1.807, 2.05) is 43.3 Å². The van der Waals surface area contributed by atoms with Crippen molar-refractivity contribution in [3.63, 3.8) is 0 Å². The Hall–Kier alpha value is -4.29. The fourth-order valence-electron chi connectivity index (χ4n) is 3.88. The van der Waals surface area contributed by atoms with E-state index in [1.165, 1.54) is 17.1 Å². The number of hydrogen-bond donors (Lipinski definition) is 2. The molecule has 0 radical (unpaired) electrons. The molecule has 36 heavy (non-hydrogen) atoms. The molecule has 7 heteroatoms. The number of carbonyl (C=O) groups is 1.